The number of amidine groups is 1. The van der Waals surface area contributed by atoms with Gasteiger partial charge in [-0.15, -0.1) is 0 Å². The summed E-state index contributed by atoms with van der Waals surface area (Å²) in [5.74, 6) is 3.71. The fourth-order valence-electron chi connectivity index (χ4n) is 3.40. The molecule has 0 N–H and O–H groups in total. The summed E-state index contributed by atoms with van der Waals surface area (Å²) in [6.07, 6.45) is 12.5. The van der Waals surface area contributed by atoms with Gasteiger partial charge in [-0.2, -0.15) is 11.8 Å². The van der Waals surface area contributed by atoms with Crippen molar-refractivity contribution in [2.45, 2.75) is 91.6 Å². The molecule has 0 saturated heterocycles. The Kier molecular flexibility index (Phi) is 12.0. The molecule has 0 aromatic heterocycles. The zero-order valence-corrected chi connectivity index (χ0v) is 19.4. The number of nitrogens with zero attached hydrogens (tertiary/aromatic N) is 4. The average molecular weight is 395 g/mol. The molecule has 0 fully saturated rings. The second-order valence-electron chi connectivity index (χ2n) is 7.91. The Balaban J connectivity index is 2.58. The highest BCUT2D eigenvalue weighted by Gasteiger charge is 2.40. The van der Waals surface area contributed by atoms with Crippen LogP contribution in [0.3, 0.4) is 0 Å². The lowest BCUT2D eigenvalue weighted by atomic mass is 9.79. The lowest BCUT2D eigenvalue weighted by molar-refractivity contribution is 0.390. The minimum absolute atomic E-state index is 0.212. The van der Waals surface area contributed by atoms with E-state index < -0.39 is 0 Å². The molecule has 0 saturated carbocycles. The Morgan fingerprint density at radius 2 is 1.93 bits per heavy atom. The predicted molar refractivity (Wildman–Crippen MR) is 125 cm³/mol. The van der Waals surface area contributed by atoms with Crippen molar-refractivity contribution in [3.05, 3.63) is 0 Å². The molecule has 1 aliphatic rings. The molecule has 0 aliphatic carbocycles. The molecular weight excluding hydrogens is 352 g/mol. The summed E-state index contributed by atoms with van der Waals surface area (Å²) in [5.41, 5.74) is -0.212. The second-order valence-corrected chi connectivity index (χ2v) is 9.13. The van der Waals surface area contributed by atoms with Gasteiger partial charge < -0.3 is 4.90 Å². The van der Waals surface area contributed by atoms with Crippen molar-refractivity contribution < 1.29 is 0 Å². The van der Waals surface area contributed by atoms with Crippen molar-refractivity contribution in [2.75, 3.05) is 25.1 Å². The SMILES string of the molecule is CCCCCSCCCCN(C)C1=NC=NC(CC)[C@@]1(C)/C=N\C(C)CC. The van der Waals surface area contributed by atoms with Crippen LogP contribution in [0.15, 0.2) is 15.0 Å². The predicted octanol–water partition coefficient (Wildman–Crippen LogP) is 5.72. The number of hydrogen-bond acceptors (Lipinski definition) is 5. The standard InChI is InChI=1S/C22H42N4S/c1-7-10-12-15-27-16-13-11-14-26(6)21-22(5,17-23-19(4)8-2)20(9-3)24-18-25-21/h17-20H,7-16H2,1-6H3/b23-17-/t19?,20?,22-/m1/s1. The third-order valence-electron chi connectivity index (χ3n) is 5.46. The van der Waals surface area contributed by atoms with Gasteiger partial charge in [0.1, 0.15) is 12.2 Å². The Morgan fingerprint density at radius 1 is 1.22 bits per heavy atom. The van der Waals surface area contributed by atoms with Gasteiger partial charge in [-0.3, -0.25) is 9.98 Å². The van der Waals surface area contributed by atoms with Crippen LogP contribution in [-0.4, -0.2) is 60.5 Å². The van der Waals surface area contributed by atoms with Crippen molar-refractivity contribution in [3.8, 4) is 0 Å². The van der Waals surface area contributed by atoms with Crippen LogP contribution in [0.2, 0.25) is 0 Å². The Labute approximate surface area is 172 Å². The molecule has 4 nitrogen and oxygen atoms in total. The van der Waals surface area contributed by atoms with Gasteiger partial charge in [0.2, 0.25) is 0 Å². The van der Waals surface area contributed by atoms with E-state index in [1.54, 1.807) is 6.34 Å². The Hall–Kier alpha value is -0.840. The van der Waals surface area contributed by atoms with Crippen LogP contribution in [0, 0.1) is 5.41 Å². The van der Waals surface area contributed by atoms with E-state index in [-0.39, 0.29) is 11.5 Å². The molecule has 1 rings (SSSR count). The van der Waals surface area contributed by atoms with E-state index in [1.165, 1.54) is 43.6 Å². The first kappa shape index (κ1) is 24.2. The molecule has 0 aromatic rings. The molecule has 156 valence electrons. The summed E-state index contributed by atoms with van der Waals surface area (Å²) in [7, 11) is 2.18. The van der Waals surface area contributed by atoms with Crippen LogP contribution in [0.25, 0.3) is 0 Å². The van der Waals surface area contributed by atoms with Gasteiger partial charge in [0.15, 0.2) is 0 Å². The molecule has 1 heterocycles. The first-order chi connectivity index (χ1) is 13.0. The molecule has 1 aliphatic heterocycles. The quantitative estimate of drug-likeness (QED) is 0.296. The summed E-state index contributed by atoms with van der Waals surface area (Å²) in [6, 6.07) is 0.566. The maximum absolute atomic E-state index is 4.80. The van der Waals surface area contributed by atoms with E-state index in [4.69, 9.17) is 4.99 Å². The highest BCUT2D eigenvalue weighted by Crippen LogP contribution is 2.31. The smallest absolute Gasteiger partial charge is 0.119 e. The van der Waals surface area contributed by atoms with Crippen LogP contribution in [0.5, 0.6) is 0 Å². The number of thioether (sulfide) groups is 1. The fourth-order valence-corrected chi connectivity index (χ4v) is 4.42. The van der Waals surface area contributed by atoms with Gasteiger partial charge in [0.05, 0.1) is 11.5 Å². The summed E-state index contributed by atoms with van der Waals surface area (Å²) in [5, 5.41) is 0. The largest absolute Gasteiger partial charge is 0.362 e. The van der Waals surface area contributed by atoms with Crippen LogP contribution < -0.4 is 0 Å². The molecule has 0 spiro atoms. The van der Waals surface area contributed by atoms with Crippen molar-refractivity contribution in [1.82, 2.24) is 4.90 Å². The molecule has 0 amide bonds. The van der Waals surface area contributed by atoms with Crippen molar-refractivity contribution in [3.63, 3.8) is 0 Å². The molecule has 0 aromatic carbocycles. The topological polar surface area (TPSA) is 40.3 Å². The molecule has 0 radical (unpaired) electrons. The van der Waals surface area contributed by atoms with Crippen molar-refractivity contribution in [1.29, 1.82) is 0 Å². The normalized spacial score (nSPS) is 23.6. The van der Waals surface area contributed by atoms with Crippen LogP contribution >= 0.6 is 11.8 Å². The lowest BCUT2D eigenvalue weighted by Gasteiger charge is -2.39. The third kappa shape index (κ3) is 7.97. The Bertz CT molecular complexity index is 489. The highest BCUT2D eigenvalue weighted by molar-refractivity contribution is 7.99. The molecule has 5 heteroatoms. The number of aliphatic imine (C=N–C) groups is 3. The summed E-state index contributed by atoms with van der Waals surface area (Å²) in [6.45, 7) is 12.1. The Morgan fingerprint density at radius 3 is 2.56 bits per heavy atom. The van der Waals surface area contributed by atoms with Crippen molar-refractivity contribution in [2.24, 2.45) is 20.4 Å². The molecule has 27 heavy (non-hydrogen) atoms. The van der Waals surface area contributed by atoms with Crippen LogP contribution in [0.1, 0.15) is 79.6 Å². The summed E-state index contributed by atoms with van der Waals surface area (Å²) < 4.78 is 0. The van der Waals surface area contributed by atoms with Crippen LogP contribution in [0.4, 0.5) is 0 Å². The molecule has 2 unspecified atom stereocenters. The molecule has 0 bridgehead atoms. The van der Waals surface area contributed by atoms with E-state index in [2.05, 4.69) is 74.5 Å². The van der Waals surface area contributed by atoms with E-state index in [9.17, 15) is 0 Å². The van der Waals surface area contributed by atoms with E-state index in [0.29, 0.717) is 6.04 Å². The van der Waals surface area contributed by atoms with Crippen LogP contribution in [-0.2, 0) is 0 Å². The lowest BCUT2D eigenvalue weighted by Crippen LogP contribution is -2.50. The van der Waals surface area contributed by atoms with Crippen molar-refractivity contribution >= 4 is 30.2 Å². The minimum atomic E-state index is -0.212. The maximum Gasteiger partial charge on any atom is 0.119 e. The summed E-state index contributed by atoms with van der Waals surface area (Å²) in [4.78, 5) is 16.5. The summed E-state index contributed by atoms with van der Waals surface area (Å²) >= 11 is 2.11. The van der Waals surface area contributed by atoms with Gasteiger partial charge in [0.25, 0.3) is 0 Å². The molecular formula is C22H42N4S. The number of rotatable bonds is 13. The second kappa shape index (κ2) is 13.4. The maximum atomic E-state index is 4.80. The zero-order chi connectivity index (χ0) is 20.1. The first-order valence-corrected chi connectivity index (χ1v) is 12.1. The van der Waals surface area contributed by atoms with Gasteiger partial charge in [0, 0.05) is 25.8 Å². The number of unbranched alkanes of at least 4 members (excludes halogenated alkanes) is 3. The van der Waals surface area contributed by atoms with E-state index in [0.717, 1.165) is 25.2 Å². The van der Waals surface area contributed by atoms with Gasteiger partial charge in [-0.05, 0) is 57.5 Å². The fraction of sp³-hybridized carbons (Fsp3) is 0.864. The third-order valence-corrected chi connectivity index (χ3v) is 6.62. The monoisotopic (exact) mass is 394 g/mol. The van der Waals surface area contributed by atoms with E-state index >= 15 is 0 Å². The van der Waals surface area contributed by atoms with Gasteiger partial charge >= 0.3 is 0 Å². The van der Waals surface area contributed by atoms with Gasteiger partial charge in [-0.1, -0.05) is 33.6 Å². The average Bonchev–Trinajstić information content (AvgIpc) is 2.68. The first-order valence-electron chi connectivity index (χ1n) is 10.9. The number of hydrogen-bond donors (Lipinski definition) is 0. The van der Waals surface area contributed by atoms with E-state index in [1.807, 2.05) is 0 Å². The highest BCUT2D eigenvalue weighted by atomic mass is 32.2. The molecule has 3 atom stereocenters. The van der Waals surface area contributed by atoms with Gasteiger partial charge in [-0.25, -0.2) is 4.99 Å². The zero-order valence-electron chi connectivity index (χ0n) is 18.6. The minimum Gasteiger partial charge on any atom is -0.362 e.